The Bertz CT molecular complexity index is 815. The predicted octanol–water partition coefficient (Wildman–Crippen LogP) is -1.99. The number of carboxylic acid groups (broad SMARTS) is 1. The first-order valence-electron chi connectivity index (χ1n) is 6.28. The molecule has 5 atom stereocenters. The van der Waals surface area contributed by atoms with Crippen LogP contribution in [0.15, 0.2) is 15.7 Å². The fourth-order valence-corrected chi connectivity index (χ4v) is 3.44. The highest BCUT2D eigenvalue weighted by atomic mass is 31.2. The monoisotopic (exact) mass is 350 g/mol. The number of carboxylic acids is 1. The van der Waals surface area contributed by atoms with E-state index < -0.39 is 61.9 Å². The van der Waals surface area contributed by atoms with E-state index in [0.29, 0.717) is 10.6 Å². The summed E-state index contributed by atoms with van der Waals surface area (Å²) in [7, 11) is -4.36. The van der Waals surface area contributed by atoms with Crippen LogP contribution in [0, 0.1) is 0 Å². The van der Waals surface area contributed by atoms with Crippen molar-refractivity contribution in [3.63, 3.8) is 0 Å². The van der Waals surface area contributed by atoms with Crippen LogP contribution in [0.4, 0.5) is 0 Å². The number of aromatic nitrogens is 2. The van der Waals surface area contributed by atoms with E-state index in [-0.39, 0.29) is 0 Å². The molecule has 3 heterocycles. The molecule has 23 heavy (non-hydrogen) atoms. The molecule has 1 unspecified atom stereocenters. The van der Waals surface area contributed by atoms with Gasteiger partial charge in [0.25, 0.3) is 5.56 Å². The number of aromatic carboxylic acids is 1. The van der Waals surface area contributed by atoms with Gasteiger partial charge in [-0.15, -0.1) is 0 Å². The third-order valence-electron chi connectivity index (χ3n) is 3.42. The molecule has 2 aliphatic heterocycles. The highest BCUT2D eigenvalue weighted by Gasteiger charge is 2.53. The van der Waals surface area contributed by atoms with Crippen LogP contribution in [0.3, 0.4) is 0 Å². The molecule has 0 radical (unpaired) electrons. The number of nitrogens with one attached hydrogen (secondary N) is 1. The first kappa shape index (κ1) is 16.1. The number of phosphoric acid groups is 1. The van der Waals surface area contributed by atoms with E-state index in [1.54, 1.807) is 0 Å². The Morgan fingerprint density at radius 2 is 2.13 bits per heavy atom. The number of phosphoric ester groups is 1. The number of H-pyrrole nitrogens is 1. The highest BCUT2D eigenvalue weighted by Crippen LogP contribution is 2.52. The molecule has 12 nitrogen and oxygen atoms in total. The number of hydrogen-bond acceptors (Lipinski definition) is 8. The van der Waals surface area contributed by atoms with Crippen molar-refractivity contribution in [2.24, 2.45) is 0 Å². The van der Waals surface area contributed by atoms with Crippen molar-refractivity contribution in [1.29, 1.82) is 0 Å². The van der Waals surface area contributed by atoms with E-state index in [9.17, 15) is 28.9 Å². The van der Waals surface area contributed by atoms with Crippen LogP contribution < -0.4 is 11.2 Å². The molecular weight excluding hydrogens is 339 g/mol. The lowest BCUT2D eigenvalue weighted by Gasteiger charge is -2.27. The molecular formula is C10H11N2O10P. The third-order valence-corrected chi connectivity index (χ3v) is 4.40. The second-order valence-electron chi connectivity index (χ2n) is 4.89. The Kier molecular flexibility index (Phi) is 3.75. The normalized spacial score (nSPS) is 36.6. The van der Waals surface area contributed by atoms with Gasteiger partial charge >= 0.3 is 19.5 Å². The van der Waals surface area contributed by atoms with Crippen LogP contribution in [-0.4, -0.2) is 55.5 Å². The zero-order valence-electron chi connectivity index (χ0n) is 11.2. The smallest absolute Gasteiger partial charge is 0.472 e. The third kappa shape index (κ3) is 2.76. The Hall–Kier alpha value is -1.82. The fourth-order valence-electron chi connectivity index (χ4n) is 2.47. The number of ether oxygens (including phenoxy) is 1. The van der Waals surface area contributed by atoms with Crippen LogP contribution >= 0.6 is 7.82 Å². The number of aliphatic hydroxyl groups is 1. The molecule has 2 fully saturated rings. The number of fused-ring (bicyclic) bond motifs is 1. The van der Waals surface area contributed by atoms with Gasteiger partial charge in [0.2, 0.25) is 0 Å². The van der Waals surface area contributed by atoms with Crippen LogP contribution in [0.1, 0.15) is 16.7 Å². The van der Waals surface area contributed by atoms with Gasteiger partial charge in [-0.1, -0.05) is 0 Å². The minimum Gasteiger partial charge on any atom is -0.477 e. The van der Waals surface area contributed by atoms with Crippen LogP contribution in [0.2, 0.25) is 0 Å². The number of rotatable bonds is 2. The lowest BCUT2D eigenvalue weighted by molar-refractivity contribution is -0.0691. The summed E-state index contributed by atoms with van der Waals surface area (Å²) in [6.45, 7) is -0.396. The van der Waals surface area contributed by atoms with E-state index in [1.807, 2.05) is 4.98 Å². The number of hydrogen-bond donors (Lipinski definition) is 4. The van der Waals surface area contributed by atoms with E-state index in [0.717, 1.165) is 0 Å². The van der Waals surface area contributed by atoms with Crippen LogP contribution in [0.5, 0.6) is 0 Å². The zero-order valence-corrected chi connectivity index (χ0v) is 12.1. The Morgan fingerprint density at radius 3 is 2.78 bits per heavy atom. The van der Waals surface area contributed by atoms with Gasteiger partial charge in [0.15, 0.2) is 6.23 Å². The van der Waals surface area contributed by atoms with E-state index in [4.69, 9.17) is 14.4 Å². The van der Waals surface area contributed by atoms with Crippen molar-refractivity contribution in [2.45, 2.75) is 24.5 Å². The topological polar surface area (TPSA) is 177 Å². The number of nitrogens with zero attached hydrogens (tertiary/aromatic N) is 1. The molecule has 0 amide bonds. The molecule has 0 saturated carbocycles. The van der Waals surface area contributed by atoms with Gasteiger partial charge in [-0.05, 0) is 0 Å². The summed E-state index contributed by atoms with van der Waals surface area (Å²) < 4.78 is 26.5. The molecule has 2 aliphatic rings. The van der Waals surface area contributed by atoms with E-state index >= 15 is 0 Å². The molecule has 1 aromatic heterocycles. The fraction of sp³-hybridized carbons (Fsp3) is 0.500. The van der Waals surface area contributed by atoms with Gasteiger partial charge in [-0.2, -0.15) is 0 Å². The molecule has 0 aromatic carbocycles. The van der Waals surface area contributed by atoms with Gasteiger partial charge in [-0.25, -0.2) is 14.2 Å². The molecule has 0 bridgehead atoms. The Morgan fingerprint density at radius 1 is 1.43 bits per heavy atom. The second kappa shape index (κ2) is 5.37. The average Bonchev–Trinajstić information content (AvgIpc) is 2.74. The van der Waals surface area contributed by atoms with Crippen molar-refractivity contribution in [3.8, 4) is 0 Å². The molecule has 13 heteroatoms. The molecule has 0 aliphatic carbocycles. The number of carbonyl (C=O) groups is 1. The van der Waals surface area contributed by atoms with Gasteiger partial charge in [-0.3, -0.25) is 23.4 Å². The van der Waals surface area contributed by atoms with Gasteiger partial charge in [0.05, 0.1) is 6.61 Å². The average molecular weight is 350 g/mol. The van der Waals surface area contributed by atoms with Crippen molar-refractivity contribution in [2.75, 3.05) is 6.61 Å². The van der Waals surface area contributed by atoms with Gasteiger partial charge in [0.1, 0.15) is 24.0 Å². The summed E-state index contributed by atoms with van der Waals surface area (Å²) in [6.07, 6.45) is -5.47. The maximum absolute atomic E-state index is 11.9. The number of aromatic amines is 1. The quantitative estimate of drug-likeness (QED) is 0.436. The zero-order chi connectivity index (χ0) is 16.9. The van der Waals surface area contributed by atoms with Crippen LogP contribution in [0.25, 0.3) is 0 Å². The largest absolute Gasteiger partial charge is 0.477 e. The van der Waals surface area contributed by atoms with Crippen molar-refractivity contribution >= 4 is 13.8 Å². The summed E-state index contributed by atoms with van der Waals surface area (Å²) >= 11 is 0. The summed E-state index contributed by atoms with van der Waals surface area (Å²) in [5.74, 6) is -1.59. The first-order chi connectivity index (χ1) is 10.7. The minimum atomic E-state index is -4.36. The predicted molar refractivity (Wildman–Crippen MR) is 68.8 cm³/mol. The van der Waals surface area contributed by atoms with Gasteiger partial charge < -0.3 is 19.8 Å². The van der Waals surface area contributed by atoms with Crippen molar-refractivity contribution in [1.82, 2.24) is 9.55 Å². The lowest BCUT2D eigenvalue weighted by atomic mass is 10.1. The lowest BCUT2D eigenvalue weighted by Crippen LogP contribution is -2.42. The van der Waals surface area contributed by atoms with Crippen molar-refractivity contribution < 1.29 is 38.3 Å². The Labute approximate surface area is 126 Å². The molecule has 0 spiro atoms. The molecule has 3 rings (SSSR count). The summed E-state index contributed by atoms with van der Waals surface area (Å²) in [5.41, 5.74) is -2.77. The molecule has 1 aromatic rings. The second-order valence-corrected chi connectivity index (χ2v) is 6.30. The minimum absolute atomic E-state index is 0.396. The summed E-state index contributed by atoms with van der Waals surface area (Å²) in [6, 6.07) is 0.649. The summed E-state index contributed by atoms with van der Waals surface area (Å²) in [5, 5.41) is 19.3. The Balaban J connectivity index is 2.04. The van der Waals surface area contributed by atoms with E-state index in [1.165, 1.54) is 0 Å². The maximum atomic E-state index is 11.9. The van der Waals surface area contributed by atoms with Gasteiger partial charge in [0, 0.05) is 6.07 Å². The van der Waals surface area contributed by atoms with Crippen LogP contribution in [-0.2, 0) is 18.3 Å². The standard InChI is InChI=1S/C10H11N2O10P/c13-5-1-3(9(15)16)12(10(17)11-5)8-6(14)7-4(21-8)2-20-23(18,19)22-7/h1,4,6-8,14H,2H2,(H,15,16)(H,18,19)(H,11,13,17)/t4-,6-,7-,8-/m1/s1. The number of aliphatic hydroxyl groups excluding tert-OH is 1. The molecule has 2 saturated heterocycles. The highest BCUT2D eigenvalue weighted by molar-refractivity contribution is 7.47. The van der Waals surface area contributed by atoms with E-state index in [2.05, 4.69) is 4.52 Å². The molecule has 4 N–H and O–H groups in total. The van der Waals surface area contributed by atoms with Crippen molar-refractivity contribution in [3.05, 3.63) is 32.6 Å². The molecule has 126 valence electrons. The SMILES string of the molecule is O=C(O)c1cc(=O)[nH]c(=O)n1[C@@H]1O[C@@H]2COP(=O)(O)O[C@H]2[C@H]1O. The maximum Gasteiger partial charge on any atom is 0.472 e. The summed E-state index contributed by atoms with van der Waals surface area (Å²) in [4.78, 5) is 45.5. The first-order valence-corrected chi connectivity index (χ1v) is 7.77.